The molecule has 0 saturated carbocycles. The molecule has 1 aromatic heterocycles. The van der Waals surface area contributed by atoms with Gasteiger partial charge in [-0.3, -0.25) is 4.79 Å². The standard InChI is InChI=1S/C19H14BrCl2N3O/c20-13-3-10-17(23-11-13)19(26)25-18(12-1-4-14(21)5-2-12)24-16-8-6-15(22)7-9-16/h1-11,18,24H,(H,25,26). The molecule has 2 aromatic carbocycles. The molecule has 0 radical (unpaired) electrons. The van der Waals surface area contributed by atoms with Gasteiger partial charge in [-0.25, -0.2) is 4.98 Å². The molecule has 0 bridgehead atoms. The van der Waals surface area contributed by atoms with Gasteiger partial charge in [-0.05, 0) is 70.0 Å². The van der Waals surface area contributed by atoms with E-state index in [4.69, 9.17) is 23.2 Å². The van der Waals surface area contributed by atoms with Crippen LogP contribution >= 0.6 is 39.1 Å². The van der Waals surface area contributed by atoms with Gasteiger partial charge in [0.15, 0.2) is 0 Å². The highest BCUT2D eigenvalue weighted by Gasteiger charge is 2.16. The molecule has 1 amide bonds. The molecule has 3 aromatic rings. The molecule has 0 saturated heterocycles. The van der Waals surface area contributed by atoms with E-state index in [1.807, 2.05) is 24.3 Å². The molecule has 0 aliphatic carbocycles. The van der Waals surface area contributed by atoms with Gasteiger partial charge >= 0.3 is 0 Å². The average molecular weight is 451 g/mol. The molecule has 3 rings (SSSR count). The second-order valence-electron chi connectivity index (χ2n) is 5.47. The summed E-state index contributed by atoms with van der Waals surface area (Å²) in [5.41, 5.74) is 2.00. The van der Waals surface area contributed by atoms with Crippen molar-refractivity contribution in [2.75, 3.05) is 5.32 Å². The van der Waals surface area contributed by atoms with Gasteiger partial charge in [0.05, 0.1) is 0 Å². The van der Waals surface area contributed by atoms with Crippen LogP contribution in [-0.4, -0.2) is 10.9 Å². The number of rotatable bonds is 5. The molecule has 26 heavy (non-hydrogen) atoms. The van der Waals surface area contributed by atoms with Gasteiger partial charge in [-0.1, -0.05) is 35.3 Å². The van der Waals surface area contributed by atoms with E-state index in [1.165, 1.54) is 0 Å². The van der Waals surface area contributed by atoms with Gasteiger partial charge in [0.2, 0.25) is 0 Å². The maximum Gasteiger partial charge on any atom is 0.271 e. The van der Waals surface area contributed by atoms with Gasteiger partial charge in [-0.15, -0.1) is 0 Å². The van der Waals surface area contributed by atoms with Crippen LogP contribution in [0.25, 0.3) is 0 Å². The number of anilines is 1. The van der Waals surface area contributed by atoms with Crippen molar-refractivity contribution in [3.05, 3.63) is 92.6 Å². The maximum atomic E-state index is 12.6. The third-order valence-corrected chi connectivity index (χ3v) is 4.57. The zero-order chi connectivity index (χ0) is 18.5. The Hall–Kier alpha value is -2.08. The molecule has 1 atom stereocenters. The van der Waals surface area contributed by atoms with Crippen molar-refractivity contribution in [2.24, 2.45) is 0 Å². The van der Waals surface area contributed by atoms with E-state index >= 15 is 0 Å². The third kappa shape index (κ3) is 4.97. The molecule has 4 nitrogen and oxygen atoms in total. The zero-order valence-corrected chi connectivity index (χ0v) is 16.5. The summed E-state index contributed by atoms with van der Waals surface area (Å²) >= 11 is 15.2. The van der Waals surface area contributed by atoms with Gasteiger partial charge in [0.1, 0.15) is 11.9 Å². The smallest absolute Gasteiger partial charge is 0.271 e. The second kappa shape index (κ2) is 8.54. The molecular weight excluding hydrogens is 437 g/mol. The van der Waals surface area contributed by atoms with Crippen LogP contribution in [0.2, 0.25) is 10.0 Å². The molecule has 0 aliphatic rings. The van der Waals surface area contributed by atoms with Crippen molar-refractivity contribution in [3.8, 4) is 0 Å². The van der Waals surface area contributed by atoms with E-state index < -0.39 is 6.17 Å². The summed E-state index contributed by atoms with van der Waals surface area (Å²) in [6.45, 7) is 0. The highest BCUT2D eigenvalue weighted by atomic mass is 79.9. The minimum atomic E-state index is -0.466. The number of halogens is 3. The van der Waals surface area contributed by atoms with E-state index in [0.29, 0.717) is 15.7 Å². The third-order valence-electron chi connectivity index (χ3n) is 3.59. The van der Waals surface area contributed by atoms with Crippen molar-refractivity contribution >= 4 is 50.7 Å². The predicted molar refractivity (Wildman–Crippen MR) is 109 cm³/mol. The van der Waals surface area contributed by atoms with Crippen LogP contribution < -0.4 is 10.6 Å². The first-order valence-electron chi connectivity index (χ1n) is 7.71. The highest BCUT2D eigenvalue weighted by Crippen LogP contribution is 2.21. The van der Waals surface area contributed by atoms with Crippen LogP contribution in [0.5, 0.6) is 0 Å². The predicted octanol–water partition coefficient (Wildman–Crippen LogP) is 5.69. The Bertz CT molecular complexity index is 884. The fourth-order valence-electron chi connectivity index (χ4n) is 2.29. The Morgan fingerprint density at radius 3 is 2.12 bits per heavy atom. The van der Waals surface area contributed by atoms with Crippen molar-refractivity contribution < 1.29 is 4.79 Å². The van der Waals surface area contributed by atoms with E-state index in [9.17, 15) is 4.79 Å². The van der Waals surface area contributed by atoms with Crippen LogP contribution in [0.4, 0.5) is 5.69 Å². The lowest BCUT2D eigenvalue weighted by atomic mass is 10.1. The number of nitrogens with one attached hydrogen (secondary N) is 2. The molecular formula is C19H14BrCl2N3O. The highest BCUT2D eigenvalue weighted by molar-refractivity contribution is 9.10. The molecule has 0 spiro atoms. The fourth-order valence-corrected chi connectivity index (χ4v) is 2.77. The Kier molecular flexibility index (Phi) is 6.14. The number of aromatic nitrogens is 1. The molecule has 0 aliphatic heterocycles. The lowest BCUT2D eigenvalue weighted by molar-refractivity contribution is 0.0936. The number of pyridine rings is 1. The summed E-state index contributed by atoms with van der Waals surface area (Å²) in [7, 11) is 0. The number of carbonyl (C=O) groups excluding carboxylic acids is 1. The van der Waals surface area contributed by atoms with Gasteiger partial charge in [-0.2, -0.15) is 0 Å². The van der Waals surface area contributed by atoms with Crippen LogP contribution in [0, 0.1) is 0 Å². The van der Waals surface area contributed by atoms with Crippen molar-refractivity contribution in [3.63, 3.8) is 0 Å². The van der Waals surface area contributed by atoms with Crippen molar-refractivity contribution in [1.29, 1.82) is 0 Å². The topological polar surface area (TPSA) is 54.0 Å². The van der Waals surface area contributed by atoms with Crippen molar-refractivity contribution in [2.45, 2.75) is 6.17 Å². The molecule has 0 fully saturated rings. The largest absolute Gasteiger partial charge is 0.362 e. The van der Waals surface area contributed by atoms with Crippen LogP contribution in [0.15, 0.2) is 71.3 Å². The number of benzene rings is 2. The number of hydrogen-bond acceptors (Lipinski definition) is 3. The van der Waals surface area contributed by atoms with Crippen LogP contribution in [0.3, 0.4) is 0 Å². The minimum Gasteiger partial charge on any atom is -0.362 e. The van der Waals surface area contributed by atoms with E-state index in [0.717, 1.165) is 15.7 Å². The van der Waals surface area contributed by atoms with Crippen LogP contribution in [0.1, 0.15) is 22.2 Å². The Balaban J connectivity index is 1.84. The number of carbonyl (C=O) groups is 1. The van der Waals surface area contributed by atoms with Gasteiger partial charge in [0, 0.05) is 26.4 Å². The summed E-state index contributed by atoms with van der Waals surface area (Å²) in [5.74, 6) is -0.293. The average Bonchev–Trinajstić information content (AvgIpc) is 2.64. The normalized spacial score (nSPS) is 11.7. The summed E-state index contributed by atoms with van der Waals surface area (Å²) in [4.78, 5) is 16.7. The first kappa shape index (κ1) is 18.7. The molecule has 132 valence electrons. The SMILES string of the molecule is O=C(NC(Nc1ccc(Cl)cc1)c1ccc(Cl)cc1)c1ccc(Br)cn1. The van der Waals surface area contributed by atoms with Gasteiger partial charge in [0.25, 0.3) is 5.91 Å². The first-order valence-corrected chi connectivity index (χ1v) is 9.26. The fraction of sp³-hybridized carbons (Fsp3) is 0.0526. The second-order valence-corrected chi connectivity index (χ2v) is 7.26. The monoisotopic (exact) mass is 449 g/mol. The first-order chi connectivity index (χ1) is 12.5. The molecule has 1 heterocycles. The Morgan fingerprint density at radius 2 is 1.54 bits per heavy atom. The number of nitrogens with zero attached hydrogens (tertiary/aromatic N) is 1. The molecule has 7 heteroatoms. The summed E-state index contributed by atoms with van der Waals surface area (Å²) in [6.07, 6.45) is 1.12. The van der Waals surface area contributed by atoms with E-state index in [2.05, 4.69) is 31.5 Å². The van der Waals surface area contributed by atoms with Crippen molar-refractivity contribution in [1.82, 2.24) is 10.3 Å². The Morgan fingerprint density at radius 1 is 0.923 bits per heavy atom. The number of amides is 1. The lowest BCUT2D eigenvalue weighted by Gasteiger charge is -2.22. The minimum absolute atomic E-state index is 0.293. The quantitative estimate of drug-likeness (QED) is 0.490. The molecule has 1 unspecified atom stereocenters. The number of hydrogen-bond donors (Lipinski definition) is 2. The summed E-state index contributed by atoms with van der Waals surface area (Å²) in [5, 5.41) is 7.50. The van der Waals surface area contributed by atoms with Crippen LogP contribution in [-0.2, 0) is 0 Å². The summed E-state index contributed by atoms with van der Waals surface area (Å²) < 4.78 is 0.808. The summed E-state index contributed by atoms with van der Waals surface area (Å²) in [6, 6.07) is 17.9. The van der Waals surface area contributed by atoms with Gasteiger partial charge < -0.3 is 10.6 Å². The lowest BCUT2D eigenvalue weighted by Crippen LogP contribution is -2.33. The Labute approximate surface area is 169 Å². The van der Waals surface area contributed by atoms with E-state index in [-0.39, 0.29) is 5.91 Å². The van der Waals surface area contributed by atoms with E-state index in [1.54, 1.807) is 42.6 Å². The molecule has 2 N–H and O–H groups in total. The maximum absolute atomic E-state index is 12.6. The zero-order valence-electron chi connectivity index (χ0n) is 13.4.